The molecule has 0 spiro atoms. The van der Waals surface area contributed by atoms with Crippen molar-refractivity contribution in [3.05, 3.63) is 76.3 Å². The van der Waals surface area contributed by atoms with Gasteiger partial charge >= 0.3 is 5.97 Å². The van der Waals surface area contributed by atoms with Crippen LogP contribution in [-0.2, 0) is 10.8 Å². The molecule has 0 saturated heterocycles. The second kappa shape index (κ2) is 9.53. The zero-order valence-corrected chi connectivity index (χ0v) is 22.5. The molecule has 3 N–H and O–H groups in total. The van der Waals surface area contributed by atoms with Crippen LogP contribution in [0.5, 0.6) is 5.75 Å². The number of hydrazine groups is 1. The third-order valence-corrected chi connectivity index (χ3v) is 7.48. The van der Waals surface area contributed by atoms with Crippen molar-refractivity contribution in [2.75, 3.05) is 17.5 Å². The largest absolute Gasteiger partial charge is 0.494 e. The maximum Gasteiger partial charge on any atom is 0.335 e. The third-order valence-electron chi connectivity index (χ3n) is 7.48. The molecule has 3 aromatic rings. The van der Waals surface area contributed by atoms with E-state index in [1.54, 1.807) is 12.1 Å². The minimum atomic E-state index is -0.931. The lowest BCUT2D eigenvalue weighted by Crippen LogP contribution is -2.36. The summed E-state index contributed by atoms with van der Waals surface area (Å²) in [7, 11) is 0. The quantitative estimate of drug-likeness (QED) is 0.297. The second-order valence-electron chi connectivity index (χ2n) is 11.2. The summed E-state index contributed by atoms with van der Waals surface area (Å²) in [5.41, 5.74) is 16.0. The molecule has 1 aliphatic carbocycles. The van der Waals surface area contributed by atoms with Gasteiger partial charge in [-0.25, -0.2) is 4.79 Å². The standard InChI is InChI=1S/C31H38N2O3/c1-8-36-25-18-23(21-11-13-22(14-12-21)29(34)35)28(33-32-24-17-19(2)9-10-20(24)3)27-26(25)30(4,5)15-16-31(27,6)7/h9-14,17-18,32-33H,8,15-16H2,1-7H3,(H,34,35). The van der Waals surface area contributed by atoms with Gasteiger partial charge < -0.3 is 15.3 Å². The van der Waals surface area contributed by atoms with Gasteiger partial charge in [0, 0.05) is 11.1 Å². The number of aromatic carboxylic acids is 1. The van der Waals surface area contributed by atoms with E-state index in [0.29, 0.717) is 6.61 Å². The maximum absolute atomic E-state index is 11.5. The Morgan fingerprint density at radius 2 is 1.56 bits per heavy atom. The van der Waals surface area contributed by atoms with Crippen LogP contribution >= 0.6 is 0 Å². The molecule has 0 fully saturated rings. The molecule has 0 amide bonds. The number of benzene rings is 3. The van der Waals surface area contributed by atoms with E-state index >= 15 is 0 Å². The molecule has 3 aromatic carbocycles. The van der Waals surface area contributed by atoms with Crippen molar-refractivity contribution in [1.29, 1.82) is 0 Å². The predicted octanol–water partition coefficient (Wildman–Crippen LogP) is 7.86. The summed E-state index contributed by atoms with van der Waals surface area (Å²) >= 11 is 0. The number of rotatable bonds is 7. The molecule has 0 aromatic heterocycles. The first-order valence-electron chi connectivity index (χ1n) is 12.7. The van der Waals surface area contributed by atoms with Crippen LogP contribution in [0.2, 0.25) is 0 Å². The summed E-state index contributed by atoms with van der Waals surface area (Å²) in [6, 6.07) is 15.6. The Hall–Kier alpha value is -3.47. The molecule has 5 heteroatoms. The first-order valence-corrected chi connectivity index (χ1v) is 12.7. The van der Waals surface area contributed by atoms with E-state index in [1.807, 2.05) is 19.1 Å². The van der Waals surface area contributed by atoms with Crippen molar-refractivity contribution in [3.63, 3.8) is 0 Å². The summed E-state index contributed by atoms with van der Waals surface area (Å²) in [5, 5.41) is 9.42. The minimum Gasteiger partial charge on any atom is -0.494 e. The number of carboxylic acids is 1. The number of fused-ring (bicyclic) bond motifs is 1. The van der Waals surface area contributed by atoms with E-state index in [1.165, 1.54) is 16.7 Å². The van der Waals surface area contributed by atoms with Crippen LogP contribution in [0.3, 0.4) is 0 Å². The van der Waals surface area contributed by atoms with Gasteiger partial charge in [0.05, 0.1) is 23.5 Å². The molecule has 0 heterocycles. The van der Waals surface area contributed by atoms with Crippen LogP contribution in [0.1, 0.15) is 80.1 Å². The number of carboxylic acid groups (broad SMARTS) is 1. The Kier molecular flexibility index (Phi) is 6.78. The first-order chi connectivity index (χ1) is 16.9. The molecule has 0 radical (unpaired) electrons. The number of nitrogens with one attached hydrogen (secondary N) is 2. The average Bonchev–Trinajstić information content (AvgIpc) is 2.82. The number of ether oxygens (including phenoxy) is 1. The van der Waals surface area contributed by atoms with Crippen molar-refractivity contribution in [2.24, 2.45) is 0 Å². The lowest BCUT2D eigenvalue weighted by Gasteiger charge is -2.44. The second-order valence-corrected chi connectivity index (χ2v) is 11.2. The molecule has 190 valence electrons. The molecule has 4 rings (SSSR count). The Balaban J connectivity index is 1.97. The van der Waals surface area contributed by atoms with Crippen LogP contribution in [0.25, 0.3) is 11.1 Å². The van der Waals surface area contributed by atoms with Crippen LogP contribution in [-0.4, -0.2) is 17.7 Å². The Morgan fingerprint density at radius 3 is 2.17 bits per heavy atom. The number of anilines is 2. The lowest BCUT2D eigenvalue weighted by molar-refractivity contribution is 0.0697. The normalized spacial score (nSPS) is 15.6. The molecular weight excluding hydrogens is 448 g/mol. The van der Waals surface area contributed by atoms with Gasteiger partial charge in [0.15, 0.2) is 0 Å². The zero-order chi connectivity index (χ0) is 26.3. The van der Waals surface area contributed by atoms with Crippen LogP contribution < -0.4 is 15.6 Å². The first kappa shape index (κ1) is 25.6. The highest BCUT2D eigenvalue weighted by atomic mass is 16.5. The van der Waals surface area contributed by atoms with Crippen LogP contribution in [0.4, 0.5) is 11.4 Å². The van der Waals surface area contributed by atoms with Gasteiger partial charge in [-0.1, -0.05) is 52.0 Å². The van der Waals surface area contributed by atoms with Crippen molar-refractivity contribution >= 4 is 17.3 Å². The lowest BCUT2D eigenvalue weighted by atomic mass is 9.61. The number of hydrogen-bond donors (Lipinski definition) is 3. The minimum absolute atomic E-state index is 0.0449. The predicted molar refractivity (Wildman–Crippen MR) is 148 cm³/mol. The topological polar surface area (TPSA) is 70.6 Å². The highest BCUT2D eigenvalue weighted by Gasteiger charge is 2.42. The molecule has 1 aliphatic rings. The smallest absolute Gasteiger partial charge is 0.335 e. The summed E-state index contributed by atoms with van der Waals surface area (Å²) in [6.45, 7) is 16.0. The Morgan fingerprint density at radius 1 is 0.917 bits per heavy atom. The summed E-state index contributed by atoms with van der Waals surface area (Å²) in [5.74, 6) is -0.0281. The van der Waals surface area contributed by atoms with E-state index in [-0.39, 0.29) is 16.4 Å². The van der Waals surface area contributed by atoms with Crippen LogP contribution in [0, 0.1) is 13.8 Å². The molecule has 0 bridgehead atoms. The van der Waals surface area contributed by atoms with Crippen molar-refractivity contribution in [1.82, 2.24) is 0 Å². The molecule has 0 unspecified atom stereocenters. The molecule has 0 atom stereocenters. The number of aryl methyl sites for hydroxylation is 2. The van der Waals surface area contributed by atoms with Crippen molar-refractivity contribution < 1.29 is 14.6 Å². The van der Waals surface area contributed by atoms with Gasteiger partial charge in [0.1, 0.15) is 5.75 Å². The maximum atomic E-state index is 11.5. The van der Waals surface area contributed by atoms with E-state index in [2.05, 4.69) is 76.7 Å². The third kappa shape index (κ3) is 4.79. The molecule has 5 nitrogen and oxygen atoms in total. The molecular formula is C31H38N2O3. The molecule has 0 aliphatic heterocycles. The molecule has 0 saturated carbocycles. The Labute approximate surface area is 214 Å². The van der Waals surface area contributed by atoms with Gasteiger partial charge in [-0.3, -0.25) is 5.43 Å². The fourth-order valence-corrected chi connectivity index (χ4v) is 5.30. The Bertz CT molecular complexity index is 1290. The highest BCUT2D eigenvalue weighted by molar-refractivity contribution is 5.90. The van der Waals surface area contributed by atoms with Gasteiger partial charge in [0.25, 0.3) is 0 Å². The summed E-state index contributed by atoms with van der Waals surface area (Å²) < 4.78 is 6.27. The van der Waals surface area contributed by atoms with Gasteiger partial charge in [0.2, 0.25) is 0 Å². The number of carbonyl (C=O) groups is 1. The van der Waals surface area contributed by atoms with Gasteiger partial charge in [-0.2, -0.15) is 0 Å². The molecule has 36 heavy (non-hydrogen) atoms. The van der Waals surface area contributed by atoms with E-state index in [9.17, 15) is 9.90 Å². The average molecular weight is 487 g/mol. The van der Waals surface area contributed by atoms with E-state index in [0.717, 1.165) is 46.7 Å². The highest BCUT2D eigenvalue weighted by Crippen LogP contribution is 2.54. The summed E-state index contributed by atoms with van der Waals surface area (Å²) in [6.07, 6.45) is 2.13. The van der Waals surface area contributed by atoms with Crippen molar-refractivity contribution in [2.45, 2.75) is 72.1 Å². The SMILES string of the molecule is CCOc1cc(-c2ccc(C(=O)O)cc2)c(NNc2cc(C)ccc2C)c2c1C(C)(C)CCC2(C)C. The van der Waals surface area contributed by atoms with E-state index in [4.69, 9.17) is 4.74 Å². The van der Waals surface area contributed by atoms with Crippen molar-refractivity contribution in [3.8, 4) is 16.9 Å². The van der Waals surface area contributed by atoms with Crippen LogP contribution in [0.15, 0.2) is 48.5 Å². The van der Waals surface area contributed by atoms with E-state index < -0.39 is 5.97 Å². The van der Waals surface area contributed by atoms with Gasteiger partial charge in [-0.05, 0) is 91.0 Å². The monoisotopic (exact) mass is 486 g/mol. The van der Waals surface area contributed by atoms with Gasteiger partial charge in [-0.15, -0.1) is 0 Å². The fourth-order valence-electron chi connectivity index (χ4n) is 5.30. The zero-order valence-electron chi connectivity index (χ0n) is 22.5. The fraction of sp³-hybridized carbons (Fsp3) is 0.387. The number of hydrogen-bond acceptors (Lipinski definition) is 4. The summed E-state index contributed by atoms with van der Waals surface area (Å²) in [4.78, 5) is 11.5.